The molecular formula is C10H18O2. The van der Waals surface area contributed by atoms with Crippen LogP contribution in [0, 0.1) is 0 Å². The van der Waals surface area contributed by atoms with Crippen molar-refractivity contribution in [2.45, 2.75) is 46.6 Å². The lowest BCUT2D eigenvalue weighted by Gasteiger charge is -2.18. The molecule has 0 aliphatic rings. The topological polar surface area (TPSA) is 26.3 Å². The Labute approximate surface area is 74.6 Å². The van der Waals surface area contributed by atoms with Crippen molar-refractivity contribution in [3.63, 3.8) is 0 Å². The van der Waals surface area contributed by atoms with Gasteiger partial charge in [-0.15, -0.1) is 0 Å². The molecule has 0 heterocycles. The number of hydrogen-bond donors (Lipinski definition) is 0. The highest BCUT2D eigenvalue weighted by Gasteiger charge is 2.14. The van der Waals surface area contributed by atoms with Crippen LogP contribution in [-0.2, 0) is 9.53 Å². The third kappa shape index (κ3) is 5.96. The van der Waals surface area contributed by atoms with E-state index in [1.165, 1.54) is 0 Å². The molecule has 0 bridgehead atoms. The molecule has 0 fully saturated rings. The molecule has 0 spiro atoms. The molecule has 0 aliphatic carbocycles. The summed E-state index contributed by atoms with van der Waals surface area (Å²) in [5.74, 6) is -0.248. The smallest absolute Gasteiger partial charge is 0.331 e. The Hall–Kier alpha value is -0.790. The van der Waals surface area contributed by atoms with E-state index in [2.05, 4.69) is 0 Å². The van der Waals surface area contributed by atoms with Gasteiger partial charge in [-0.3, -0.25) is 0 Å². The molecule has 2 nitrogen and oxygen atoms in total. The molecule has 0 unspecified atom stereocenters. The summed E-state index contributed by atoms with van der Waals surface area (Å²) in [6, 6.07) is 0. The normalized spacial score (nSPS) is 12.9. The lowest BCUT2D eigenvalue weighted by atomic mass is 10.2. The van der Waals surface area contributed by atoms with E-state index < -0.39 is 0 Å². The first kappa shape index (κ1) is 11.2. The monoisotopic (exact) mass is 170 g/mol. The third-order valence-corrected chi connectivity index (χ3v) is 1.33. The second-order valence-corrected chi connectivity index (χ2v) is 3.88. The first-order valence-corrected chi connectivity index (χ1v) is 4.25. The van der Waals surface area contributed by atoms with Crippen LogP contribution in [0.1, 0.15) is 41.0 Å². The van der Waals surface area contributed by atoms with Gasteiger partial charge in [0.2, 0.25) is 0 Å². The third-order valence-electron chi connectivity index (χ3n) is 1.33. The Kier molecular flexibility index (Phi) is 4.01. The van der Waals surface area contributed by atoms with Gasteiger partial charge in [0, 0.05) is 6.08 Å². The lowest BCUT2D eigenvalue weighted by molar-refractivity contribution is -0.148. The highest BCUT2D eigenvalue weighted by molar-refractivity contribution is 5.83. The first-order chi connectivity index (χ1) is 5.35. The van der Waals surface area contributed by atoms with Crippen LogP contribution in [-0.4, -0.2) is 11.6 Å². The Bertz CT molecular complexity index is 185. The molecule has 0 rings (SSSR count). The minimum Gasteiger partial charge on any atom is -0.457 e. The van der Waals surface area contributed by atoms with Gasteiger partial charge in [-0.2, -0.15) is 0 Å². The van der Waals surface area contributed by atoms with E-state index in [4.69, 9.17) is 4.74 Å². The zero-order valence-corrected chi connectivity index (χ0v) is 8.60. The predicted octanol–water partition coefficient (Wildman–Crippen LogP) is 2.68. The number of carbonyl (C=O) groups excluding carboxylic acids is 1. The summed E-state index contributed by atoms with van der Waals surface area (Å²) in [4.78, 5) is 11.1. The van der Waals surface area contributed by atoms with Crippen molar-refractivity contribution in [2.75, 3.05) is 0 Å². The van der Waals surface area contributed by atoms with Gasteiger partial charge in [0.25, 0.3) is 0 Å². The maximum absolute atomic E-state index is 11.1. The maximum atomic E-state index is 11.1. The van der Waals surface area contributed by atoms with E-state index in [1.54, 1.807) is 6.08 Å². The predicted molar refractivity (Wildman–Crippen MR) is 49.9 cm³/mol. The summed E-state index contributed by atoms with van der Waals surface area (Å²) in [6.45, 7) is 9.51. The number of rotatable bonds is 2. The molecule has 0 aromatic carbocycles. The summed E-state index contributed by atoms with van der Waals surface area (Å²) >= 11 is 0. The minimum atomic E-state index is -0.387. The second kappa shape index (κ2) is 4.29. The summed E-state index contributed by atoms with van der Waals surface area (Å²) in [5.41, 5.74) is 0.658. The summed E-state index contributed by atoms with van der Waals surface area (Å²) < 4.78 is 5.09. The molecule has 0 atom stereocenters. The average molecular weight is 170 g/mol. The van der Waals surface area contributed by atoms with E-state index in [0.29, 0.717) is 0 Å². The van der Waals surface area contributed by atoms with Gasteiger partial charge in [0.15, 0.2) is 0 Å². The van der Waals surface area contributed by atoms with Gasteiger partial charge in [-0.25, -0.2) is 4.79 Å². The Morgan fingerprint density at radius 3 is 2.25 bits per heavy atom. The van der Waals surface area contributed by atoms with Gasteiger partial charge >= 0.3 is 5.97 Å². The molecule has 0 aromatic rings. The molecule has 0 N–H and O–H groups in total. The number of allylic oxidation sites excluding steroid dienone is 1. The summed E-state index contributed by atoms with van der Waals surface area (Å²) in [7, 11) is 0. The lowest BCUT2D eigenvalue weighted by Crippen LogP contribution is -2.22. The van der Waals surface area contributed by atoms with Crippen molar-refractivity contribution >= 4 is 5.97 Å². The zero-order chi connectivity index (χ0) is 9.78. The average Bonchev–Trinajstić information content (AvgIpc) is 1.82. The van der Waals surface area contributed by atoms with Crippen LogP contribution in [0.4, 0.5) is 0 Å². The molecular weight excluding hydrogens is 152 g/mol. The molecule has 12 heavy (non-hydrogen) atoms. The van der Waals surface area contributed by atoms with Crippen LogP contribution in [0.5, 0.6) is 0 Å². The number of carbonyl (C=O) groups is 1. The quantitative estimate of drug-likeness (QED) is 0.470. The van der Waals surface area contributed by atoms with E-state index in [9.17, 15) is 4.79 Å². The highest BCUT2D eigenvalue weighted by Crippen LogP contribution is 2.08. The molecule has 70 valence electrons. The molecule has 0 amide bonds. The minimum absolute atomic E-state index is 0.248. The van der Waals surface area contributed by atoms with Gasteiger partial charge in [0.1, 0.15) is 5.60 Å². The SMILES string of the molecule is CC/C(C)=C\C(=O)OC(C)(C)C. The van der Waals surface area contributed by atoms with Gasteiger partial charge in [0.05, 0.1) is 0 Å². The van der Waals surface area contributed by atoms with Gasteiger partial charge in [-0.05, 0) is 34.1 Å². The Morgan fingerprint density at radius 2 is 1.92 bits per heavy atom. The van der Waals surface area contributed by atoms with Crippen LogP contribution in [0.15, 0.2) is 11.6 Å². The number of esters is 1. The number of hydrogen-bond acceptors (Lipinski definition) is 2. The molecule has 0 saturated carbocycles. The molecule has 0 aliphatic heterocycles. The summed E-state index contributed by atoms with van der Waals surface area (Å²) in [5, 5.41) is 0. The van der Waals surface area contributed by atoms with Crippen LogP contribution in [0.2, 0.25) is 0 Å². The van der Waals surface area contributed by atoms with E-state index in [1.807, 2.05) is 34.6 Å². The van der Waals surface area contributed by atoms with Crippen molar-refractivity contribution in [3.8, 4) is 0 Å². The van der Waals surface area contributed by atoms with Crippen LogP contribution >= 0.6 is 0 Å². The fourth-order valence-corrected chi connectivity index (χ4v) is 0.634. The molecule has 0 saturated heterocycles. The number of ether oxygens (including phenoxy) is 1. The van der Waals surface area contributed by atoms with Crippen molar-refractivity contribution in [3.05, 3.63) is 11.6 Å². The Morgan fingerprint density at radius 1 is 1.42 bits per heavy atom. The van der Waals surface area contributed by atoms with Crippen molar-refractivity contribution < 1.29 is 9.53 Å². The van der Waals surface area contributed by atoms with Crippen LogP contribution < -0.4 is 0 Å². The van der Waals surface area contributed by atoms with Crippen LogP contribution in [0.25, 0.3) is 0 Å². The standard InChI is InChI=1S/C10H18O2/c1-6-8(2)7-9(11)12-10(3,4)5/h7H,6H2,1-5H3/b8-7-. The largest absolute Gasteiger partial charge is 0.457 e. The fourth-order valence-electron chi connectivity index (χ4n) is 0.634. The van der Waals surface area contributed by atoms with Crippen molar-refractivity contribution in [2.24, 2.45) is 0 Å². The highest BCUT2D eigenvalue weighted by atomic mass is 16.6. The second-order valence-electron chi connectivity index (χ2n) is 3.88. The van der Waals surface area contributed by atoms with Gasteiger partial charge in [-0.1, -0.05) is 12.5 Å². The first-order valence-electron chi connectivity index (χ1n) is 4.25. The van der Waals surface area contributed by atoms with E-state index in [-0.39, 0.29) is 11.6 Å². The molecule has 0 aromatic heterocycles. The maximum Gasteiger partial charge on any atom is 0.331 e. The zero-order valence-electron chi connectivity index (χ0n) is 8.60. The fraction of sp³-hybridized carbons (Fsp3) is 0.700. The Balaban J connectivity index is 4.08. The molecule has 2 heteroatoms. The van der Waals surface area contributed by atoms with Gasteiger partial charge < -0.3 is 4.74 Å². The van der Waals surface area contributed by atoms with Crippen molar-refractivity contribution in [1.82, 2.24) is 0 Å². The van der Waals surface area contributed by atoms with Crippen LogP contribution in [0.3, 0.4) is 0 Å². The van der Waals surface area contributed by atoms with Crippen molar-refractivity contribution in [1.29, 1.82) is 0 Å². The van der Waals surface area contributed by atoms with E-state index in [0.717, 1.165) is 12.0 Å². The molecule has 0 radical (unpaired) electrons. The summed E-state index contributed by atoms with van der Waals surface area (Å²) in [6.07, 6.45) is 2.44. The van der Waals surface area contributed by atoms with E-state index >= 15 is 0 Å².